The van der Waals surface area contributed by atoms with Gasteiger partial charge in [-0.25, -0.2) is 9.97 Å². The summed E-state index contributed by atoms with van der Waals surface area (Å²) in [6.45, 7) is 4.18. The van der Waals surface area contributed by atoms with Crippen LogP contribution >= 0.6 is 11.6 Å². The molecule has 0 N–H and O–H groups in total. The SMILES string of the molecule is CCCCc1nc(Cl)ncc1C. The minimum Gasteiger partial charge on any atom is -0.226 e. The maximum Gasteiger partial charge on any atom is 0.222 e. The zero-order valence-corrected chi connectivity index (χ0v) is 8.23. The Morgan fingerprint density at radius 3 is 2.92 bits per heavy atom. The molecule has 0 unspecified atom stereocenters. The van der Waals surface area contributed by atoms with Crippen LogP contribution in [0.5, 0.6) is 0 Å². The molecule has 0 atom stereocenters. The number of hydrogen-bond donors (Lipinski definition) is 0. The average Bonchev–Trinajstić information content (AvgIpc) is 2.07. The maximum absolute atomic E-state index is 5.67. The molecule has 0 aromatic carbocycles. The van der Waals surface area contributed by atoms with Crippen molar-refractivity contribution < 1.29 is 0 Å². The van der Waals surface area contributed by atoms with Gasteiger partial charge in [-0.1, -0.05) is 13.3 Å². The van der Waals surface area contributed by atoms with E-state index in [1.54, 1.807) is 6.20 Å². The van der Waals surface area contributed by atoms with Gasteiger partial charge in [0.25, 0.3) is 0 Å². The first-order valence-electron chi connectivity index (χ1n) is 4.22. The highest BCUT2D eigenvalue weighted by molar-refractivity contribution is 6.28. The number of aromatic nitrogens is 2. The van der Waals surface area contributed by atoms with Crippen LogP contribution in [0.1, 0.15) is 31.0 Å². The van der Waals surface area contributed by atoms with Crippen molar-refractivity contribution >= 4 is 11.6 Å². The van der Waals surface area contributed by atoms with E-state index >= 15 is 0 Å². The second kappa shape index (κ2) is 4.41. The quantitative estimate of drug-likeness (QED) is 0.676. The molecule has 2 nitrogen and oxygen atoms in total. The van der Waals surface area contributed by atoms with E-state index in [9.17, 15) is 0 Å². The molecule has 0 bridgehead atoms. The Morgan fingerprint density at radius 2 is 2.25 bits per heavy atom. The molecule has 0 spiro atoms. The van der Waals surface area contributed by atoms with Crippen LogP contribution in [0.2, 0.25) is 5.28 Å². The third-order valence-electron chi connectivity index (χ3n) is 1.81. The molecule has 0 amide bonds. The smallest absolute Gasteiger partial charge is 0.222 e. The van der Waals surface area contributed by atoms with E-state index < -0.39 is 0 Å². The average molecular weight is 185 g/mol. The molecular formula is C9H13ClN2. The monoisotopic (exact) mass is 184 g/mol. The number of nitrogens with zero attached hydrogens (tertiary/aromatic N) is 2. The topological polar surface area (TPSA) is 25.8 Å². The van der Waals surface area contributed by atoms with Gasteiger partial charge in [-0.3, -0.25) is 0 Å². The molecule has 1 heterocycles. The highest BCUT2D eigenvalue weighted by atomic mass is 35.5. The normalized spacial score (nSPS) is 10.2. The van der Waals surface area contributed by atoms with Crippen LogP contribution < -0.4 is 0 Å². The second-order valence-electron chi connectivity index (χ2n) is 2.87. The molecule has 0 fully saturated rings. The van der Waals surface area contributed by atoms with Crippen molar-refractivity contribution in [3.63, 3.8) is 0 Å². The molecule has 1 rings (SSSR count). The van der Waals surface area contributed by atoms with E-state index in [4.69, 9.17) is 11.6 Å². The van der Waals surface area contributed by atoms with Crippen molar-refractivity contribution in [2.24, 2.45) is 0 Å². The summed E-state index contributed by atoms with van der Waals surface area (Å²) >= 11 is 5.67. The predicted octanol–water partition coefficient (Wildman–Crippen LogP) is 2.78. The number of unbranched alkanes of at least 4 members (excludes halogenated alkanes) is 1. The van der Waals surface area contributed by atoms with Gasteiger partial charge in [0.15, 0.2) is 0 Å². The Bertz CT molecular complexity index is 261. The number of halogens is 1. The zero-order valence-electron chi connectivity index (χ0n) is 7.47. The van der Waals surface area contributed by atoms with Gasteiger partial charge in [0.1, 0.15) is 0 Å². The fraction of sp³-hybridized carbons (Fsp3) is 0.556. The lowest BCUT2D eigenvalue weighted by Gasteiger charge is -2.02. The largest absolute Gasteiger partial charge is 0.226 e. The first-order chi connectivity index (χ1) is 5.74. The maximum atomic E-state index is 5.67. The molecule has 0 saturated carbocycles. The molecule has 3 heteroatoms. The van der Waals surface area contributed by atoms with Crippen LogP contribution in [0.4, 0.5) is 0 Å². The van der Waals surface area contributed by atoms with E-state index in [2.05, 4.69) is 16.9 Å². The third kappa shape index (κ3) is 2.45. The zero-order chi connectivity index (χ0) is 8.97. The van der Waals surface area contributed by atoms with E-state index in [1.165, 1.54) is 6.42 Å². The van der Waals surface area contributed by atoms with Gasteiger partial charge in [0.2, 0.25) is 5.28 Å². The highest BCUT2D eigenvalue weighted by Gasteiger charge is 2.00. The van der Waals surface area contributed by atoms with Crippen molar-refractivity contribution in [3.8, 4) is 0 Å². The Morgan fingerprint density at radius 1 is 1.50 bits per heavy atom. The van der Waals surface area contributed by atoms with Crippen molar-refractivity contribution in [2.45, 2.75) is 33.1 Å². The van der Waals surface area contributed by atoms with Crippen LogP contribution in [-0.2, 0) is 6.42 Å². The third-order valence-corrected chi connectivity index (χ3v) is 2.00. The van der Waals surface area contributed by atoms with Crippen LogP contribution in [0, 0.1) is 6.92 Å². The van der Waals surface area contributed by atoms with Crippen LogP contribution in [0.15, 0.2) is 6.20 Å². The summed E-state index contributed by atoms with van der Waals surface area (Å²) in [7, 11) is 0. The van der Waals surface area contributed by atoms with E-state index in [-0.39, 0.29) is 0 Å². The highest BCUT2D eigenvalue weighted by Crippen LogP contribution is 2.09. The Hall–Kier alpha value is -0.630. The number of aryl methyl sites for hydroxylation is 2. The first kappa shape index (κ1) is 9.46. The van der Waals surface area contributed by atoms with Crippen molar-refractivity contribution in [2.75, 3.05) is 0 Å². The van der Waals surface area contributed by atoms with Crippen LogP contribution in [0.25, 0.3) is 0 Å². The lowest BCUT2D eigenvalue weighted by molar-refractivity contribution is 0.767. The van der Waals surface area contributed by atoms with E-state index in [0.29, 0.717) is 5.28 Å². The molecule has 1 aromatic heterocycles. The van der Waals surface area contributed by atoms with Gasteiger partial charge >= 0.3 is 0 Å². The molecule has 0 aliphatic carbocycles. The number of hydrogen-bond acceptors (Lipinski definition) is 2. The molecule has 0 radical (unpaired) electrons. The van der Waals surface area contributed by atoms with Gasteiger partial charge in [0, 0.05) is 11.9 Å². The van der Waals surface area contributed by atoms with Crippen molar-refractivity contribution in [3.05, 3.63) is 22.7 Å². The van der Waals surface area contributed by atoms with Crippen LogP contribution in [-0.4, -0.2) is 9.97 Å². The van der Waals surface area contributed by atoms with Gasteiger partial charge < -0.3 is 0 Å². The summed E-state index contributed by atoms with van der Waals surface area (Å²) in [5, 5.41) is 0.353. The molecule has 0 aliphatic rings. The summed E-state index contributed by atoms with van der Waals surface area (Å²) in [4.78, 5) is 8.07. The van der Waals surface area contributed by atoms with Crippen molar-refractivity contribution in [1.29, 1.82) is 0 Å². The van der Waals surface area contributed by atoms with E-state index in [1.807, 2.05) is 6.92 Å². The van der Waals surface area contributed by atoms with Gasteiger partial charge in [0.05, 0.1) is 0 Å². The summed E-state index contributed by atoms with van der Waals surface area (Å²) in [6.07, 6.45) is 5.13. The summed E-state index contributed by atoms with van der Waals surface area (Å²) in [5.74, 6) is 0. The van der Waals surface area contributed by atoms with Gasteiger partial charge in [-0.2, -0.15) is 0 Å². The van der Waals surface area contributed by atoms with Crippen LogP contribution in [0.3, 0.4) is 0 Å². The minimum atomic E-state index is 0.353. The Balaban J connectivity index is 2.75. The first-order valence-corrected chi connectivity index (χ1v) is 4.60. The fourth-order valence-corrected chi connectivity index (χ4v) is 1.20. The molecule has 66 valence electrons. The molecule has 0 saturated heterocycles. The fourth-order valence-electron chi connectivity index (χ4n) is 1.05. The standard InChI is InChI=1S/C9H13ClN2/c1-3-4-5-8-7(2)6-11-9(10)12-8/h6H,3-5H2,1-2H3. The van der Waals surface area contributed by atoms with Gasteiger partial charge in [-0.15, -0.1) is 0 Å². The summed E-state index contributed by atoms with van der Waals surface area (Å²) in [6, 6.07) is 0. The second-order valence-corrected chi connectivity index (χ2v) is 3.21. The lowest BCUT2D eigenvalue weighted by Crippen LogP contribution is -1.96. The predicted molar refractivity (Wildman–Crippen MR) is 50.4 cm³/mol. The molecule has 12 heavy (non-hydrogen) atoms. The molecule has 0 aliphatic heterocycles. The summed E-state index contributed by atoms with van der Waals surface area (Å²) in [5.41, 5.74) is 2.21. The molecular weight excluding hydrogens is 172 g/mol. The van der Waals surface area contributed by atoms with Gasteiger partial charge in [-0.05, 0) is 36.9 Å². The molecule has 1 aromatic rings. The Labute approximate surface area is 78.0 Å². The number of rotatable bonds is 3. The summed E-state index contributed by atoms with van der Waals surface area (Å²) < 4.78 is 0. The lowest BCUT2D eigenvalue weighted by atomic mass is 10.1. The van der Waals surface area contributed by atoms with Crippen molar-refractivity contribution in [1.82, 2.24) is 9.97 Å². The Kier molecular flexibility index (Phi) is 3.48. The van der Waals surface area contributed by atoms with E-state index in [0.717, 1.165) is 24.1 Å². The minimum absolute atomic E-state index is 0.353.